The predicted molar refractivity (Wildman–Crippen MR) is 72.4 cm³/mol. The number of halogens is 4. The summed E-state index contributed by atoms with van der Waals surface area (Å²) in [7, 11) is 0. The number of hydrogen-bond acceptors (Lipinski definition) is 2. The topological polar surface area (TPSA) is 29.5 Å². The van der Waals surface area contributed by atoms with Crippen LogP contribution >= 0.6 is 11.6 Å². The Kier molecular flexibility index (Phi) is 4.98. The fraction of sp³-hybridized carbons (Fsp3) is 0.500. The van der Waals surface area contributed by atoms with Gasteiger partial charge in [-0.15, -0.1) is 11.6 Å². The maximum atomic E-state index is 12.6. The summed E-state index contributed by atoms with van der Waals surface area (Å²) in [5, 5.41) is 0. The van der Waals surface area contributed by atoms with Gasteiger partial charge in [-0.1, -0.05) is 6.07 Å². The monoisotopic (exact) mass is 321 g/mol. The average molecular weight is 322 g/mol. The van der Waals surface area contributed by atoms with Crippen molar-refractivity contribution in [2.45, 2.75) is 25.1 Å². The molecule has 1 aromatic carbocycles. The lowest BCUT2D eigenvalue weighted by atomic mass is 10.1. The number of amides is 1. The van der Waals surface area contributed by atoms with Crippen LogP contribution in [0.25, 0.3) is 0 Å². The lowest BCUT2D eigenvalue weighted by Gasteiger charge is -2.32. The smallest absolute Gasteiger partial charge is 0.416 e. The zero-order valence-corrected chi connectivity index (χ0v) is 12.0. The lowest BCUT2D eigenvalue weighted by molar-refractivity contribution is -0.137. The maximum absolute atomic E-state index is 12.6. The zero-order valence-electron chi connectivity index (χ0n) is 11.2. The number of likely N-dealkylation sites (tertiary alicyclic amines) is 1. The average Bonchev–Trinajstić information content (AvgIpc) is 2.46. The second-order valence-electron chi connectivity index (χ2n) is 4.88. The van der Waals surface area contributed by atoms with Gasteiger partial charge in [0, 0.05) is 6.54 Å². The standard InChI is InChI=1S/C14H15ClF3NO2/c15-8-13(20)19-6-2-5-12(9-19)21-11-4-1-3-10(7-11)14(16,17)18/h1,3-4,7,12H,2,5-6,8-9H2. The molecule has 3 nitrogen and oxygen atoms in total. The van der Waals surface area contributed by atoms with Crippen molar-refractivity contribution in [2.24, 2.45) is 0 Å². The number of nitrogens with zero attached hydrogens (tertiary/aromatic N) is 1. The quantitative estimate of drug-likeness (QED) is 0.799. The number of hydrogen-bond donors (Lipinski definition) is 0. The minimum absolute atomic E-state index is 0.101. The second kappa shape index (κ2) is 6.56. The third kappa shape index (κ3) is 4.27. The van der Waals surface area contributed by atoms with Crippen LogP contribution in [0.4, 0.5) is 13.2 Å². The molecule has 1 amide bonds. The van der Waals surface area contributed by atoms with Crippen LogP contribution in [-0.2, 0) is 11.0 Å². The van der Waals surface area contributed by atoms with E-state index in [1.165, 1.54) is 12.1 Å². The third-order valence-electron chi connectivity index (χ3n) is 3.31. The molecule has 21 heavy (non-hydrogen) atoms. The van der Waals surface area contributed by atoms with Gasteiger partial charge >= 0.3 is 6.18 Å². The van der Waals surface area contributed by atoms with Gasteiger partial charge in [-0.3, -0.25) is 4.79 Å². The largest absolute Gasteiger partial charge is 0.489 e. The number of alkyl halides is 4. The Morgan fingerprint density at radius 3 is 2.86 bits per heavy atom. The van der Waals surface area contributed by atoms with Crippen molar-refractivity contribution < 1.29 is 22.7 Å². The molecule has 0 saturated carbocycles. The van der Waals surface area contributed by atoms with Gasteiger partial charge in [0.2, 0.25) is 5.91 Å². The number of piperidine rings is 1. The summed E-state index contributed by atoms with van der Waals surface area (Å²) in [6, 6.07) is 4.76. The minimum atomic E-state index is -4.40. The highest BCUT2D eigenvalue weighted by Gasteiger charge is 2.31. The molecule has 1 aliphatic heterocycles. The van der Waals surface area contributed by atoms with Crippen LogP contribution in [0.1, 0.15) is 18.4 Å². The van der Waals surface area contributed by atoms with Crippen molar-refractivity contribution in [1.82, 2.24) is 4.90 Å². The number of rotatable bonds is 3. The molecule has 0 aromatic heterocycles. The third-order valence-corrected chi connectivity index (χ3v) is 3.54. The molecule has 0 spiro atoms. The Morgan fingerprint density at radius 2 is 2.19 bits per heavy atom. The summed E-state index contributed by atoms with van der Waals surface area (Å²) in [5.41, 5.74) is -0.746. The van der Waals surface area contributed by atoms with Gasteiger partial charge in [-0.25, -0.2) is 0 Å². The highest BCUT2D eigenvalue weighted by molar-refractivity contribution is 6.27. The van der Waals surface area contributed by atoms with Crippen LogP contribution in [0.15, 0.2) is 24.3 Å². The van der Waals surface area contributed by atoms with Gasteiger partial charge in [0.25, 0.3) is 0 Å². The van der Waals surface area contributed by atoms with E-state index in [9.17, 15) is 18.0 Å². The molecule has 1 aromatic rings. The van der Waals surface area contributed by atoms with Crippen molar-refractivity contribution >= 4 is 17.5 Å². The minimum Gasteiger partial charge on any atom is -0.489 e. The molecule has 1 aliphatic rings. The molecule has 1 unspecified atom stereocenters. The second-order valence-corrected chi connectivity index (χ2v) is 5.15. The summed E-state index contributed by atoms with van der Waals surface area (Å²) >= 11 is 5.51. The molecule has 1 heterocycles. The number of carbonyl (C=O) groups excluding carboxylic acids is 1. The summed E-state index contributed by atoms with van der Waals surface area (Å²) in [6.45, 7) is 0.954. The molecular formula is C14H15ClF3NO2. The Labute approximate surface area is 125 Å². The van der Waals surface area contributed by atoms with Crippen molar-refractivity contribution in [3.8, 4) is 5.75 Å². The normalized spacial score (nSPS) is 19.4. The van der Waals surface area contributed by atoms with E-state index >= 15 is 0 Å². The molecule has 7 heteroatoms. The molecule has 1 fully saturated rings. The van der Waals surface area contributed by atoms with Gasteiger partial charge in [-0.2, -0.15) is 13.2 Å². The molecule has 0 bridgehead atoms. The zero-order chi connectivity index (χ0) is 15.5. The van der Waals surface area contributed by atoms with E-state index < -0.39 is 11.7 Å². The Morgan fingerprint density at radius 1 is 1.43 bits per heavy atom. The SMILES string of the molecule is O=C(CCl)N1CCCC(Oc2cccc(C(F)(F)F)c2)C1. The Hall–Kier alpha value is -1.43. The molecule has 2 rings (SSSR count). The number of carbonyl (C=O) groups is 1. The fourth-order valence-corrected chi connectivity index (χ4v) is 2.45. The van der Waals surface area contributed by atoms with Crippen LogP contribution in [-0.4, -0.2) is 35.9 Å². The van der Waals surface area contributed by atoms with Crippen LogP contribution in [0, 0.1) is 0 Å². The van der Waals surface area contributed by atoms with Gasteiger partial charge in [-0.05, 0) is 31.0 Å². The highest BCUT2D eigenvalue weighted by atomic mass is 35.5. The van der Waals surface area contributed by atoms with Crippen molar-refractivity contribution in [2.75, 3.05) is 19.0 Å². The van der Waals surface area contributed by atoms with E-state index in [4.69, 9.17) is 16.3 Å². The first-order chi connectivity index (χ1) is 9.90. The summed E-state index contributed by atoms with van der Waals surface area (Å²) in [4.78, 5) is 13.1. The van der Waals surface area contributed by atoms with E-state index in [2.05, 4.69) is 0 Å². The van der Waals surface area contributed by atoms with E-state index in [-0.39, 0.29) is 23.6 Å². The highest BCUT2D eigenvalue weighted by Crippen LogP contribution is 2.31. The number of ether oxygens (including phenoxy) is 1. The first-order valence-corrected chi connectivity index (χ1v) is 7.11. The molecule has 1 saturated heterocycles. The summed E-state index contributed by atoms with van der Waals surface area (Å²) < 4.78 is 43.5. The molecular weight excluding hydrogens is 307 g/mol. The lowest BCUT2D eigenvalue weighted by Crippen LogP contribution is -2.44. The van der Waals surface area contributed by atoms with Gasteiger partial charge in [0.1, 0.15) is 17.7 Å². The van der Waals surface area contributed by atoms with Crippen LogP contribution in [0.2, 0.25) is 0 Å². The van der Waals surface area contributed by atoms with Gasteiger partial charge in [0.05, 0.1) is 12.1 Å². The summed E-state index contributed by atoms with van der Waals surface area (Å²) in [5.74, 6) is -0.125. The molecule has 0 radical (unpaired) electrons. The maximum Gasteiger partial charge on any atom is 0.416 e. The first-order valence-electron chi connectivity index (χ1n) is 6.58. The van der Waals surface area contributed by atoms with Crippen LogP contribution in [0.5, 0.6) is 5.75 Å². The summed E-state index contributed by atoms with van der Waals surface area (Å²) in [6.07, 6.45) is -3.27. The molecule has 0 aliphatic carbocycles. The van der Waals surface area contributed by atoms with Crippen molar-refractivity contribution in [1.29, 1.82) is 0 Å². The Bertz CT molecular complexity index is 507. The van der Waals surface area contributed by atoms with Crippen LogP contribution in [0.3, 0.4) is 0 Å². The van der Waals surface area contributed by atoms with E-state index in [0.717, 1.165) is 18.6 Å². The van der Waals surface area contributed by atoms with Crippen molar-refractivity contribution in [3.05, 3.63) is 29.8 Å². The first kappa shape index (κ1) is 15.9. The molecule has 0 N–H and O–H groups in total. The Balaban J connectivity index is 2.03. The molecule has 1 atom stereocenters. The van der Waals surface area contributed by atoms with Crippen molar-refractivity contribution in [3.63, 3.8) is 0 Å². The van der Waals surface area contributed by atoms with E-state index in [1.54, 1.807) is 4.90 Å². The van der Waals surface area contributed by atoms with E-state index in [0.29, 0.717) is 19.5 Å². The van der Waals surface area contributed by atoms with E-state index in [1.807, 2.05) is 0 Å². The van der Waals surface area contributed by atoms with Gasteiger partial charge < -0.3 is 9.64 Å². The van der Waals surface area contributed by atoms with Crippen LogP contribution < -0.4 is 4.74 Å². The number of benzene rings is 1. The van der Waals surface area contributed by atoms with Gasteiger partial charge in [0.15, 0.2) is 0 Å². The fourth-order valence-electron chi connectivity index (χ4n) is 2.28. The predicted octanol–water partition coefficient (Wildman–Crippen LogP) is 3.31. The molecule has 116 valence electrons.